The minimum atomic E-state index is -1.14. The zero-order valence-corrected chi connectivity index (χ0v) is 23.1. The van der Waals surface area contributed by atoms with Gasteiger partial charge in [0.1, 0.15) is 12.1 Å². The third kappa shape index (κ3) is 9.20. The first-order valence-electron chi connectivity index (χ1n) is 12.7. The summed E-state index contributed by atoms with van der Waals surface area (Å²) >= 11 is 0. The van der Waals surface area contributed by atoms with Crippen molar-refractivity contribution in [1.29, 1.82) is 0 Å². The third-order valence-corrected chi connectivity index (χ3v) is 5.96. The summed E-state index contributed by atoms with van der Waals surface area (Å²) in [7, 11) is 0. The molecule has 1 heterocycles. The van der Waals surface area contributed by atoms with Crippen LogP contribution in [0.25, 0.3) is 0 Å². The van der Waals surface area contributed by atoms with Gasteiger partial charge in [0, 0.05) is 24.4 Å². The predicted molar refractivity (Wildman–Crippen MR) is 145 cm³/mol. The van der Waals surface area contributed by atoms with E-state index < -0.39 is 58.9 Å². The Kier molecular flexibility index (Phi) is 10.7. The van der Waals surface area contributed by atoms with Crippen molar-refractivity contribution in [2.45, 2.75) is 66.2 Å². The summed E-state index contributed by atoms with van der Waals surface area (Å²) in [4.78, 5) is 77.7. The molecule has 0 spiro atoms. The van der Waals surface area contributed by atoms with Crippen LogP contribution in [-0.4, -0.2) is 52.5 Å². The molecule has 1 aromatic heterocycles. The second-order valence-electron chi connectivity index (χ2n) is 10.7. The fraction of sp³-hybridized carbons (Fsp3) is 0.429. The van der Waals surface area contributed by atoms with Crippen molar-refractivity contribution in [1.82, 2.24) is 26.3 Å². The number of benzene rings is 1. The standard InChI is InChI=1S/C28H37N5O6/c1-16(2)21(22(35)26(38)30-15-18-12-13-20(34)29-14-18)32-24(36)17(3)31-27(39)23(28(4,5)6)33-25(37)19-10-8-7-9-11-19/h7-14,16-17,21,23H,15H2,1-6H3,(H,29,34)(H,30,38)(H,31,39)(H,32,36)(H,33,37). The number of ketones is 1. The number of aromatic amines is 1. The monoisotopic (exact) mass is 539 g/mol. The van der Waals surface area contributed by atoms with E-state index in [-0.39, 0.29) is 12.1 Å². The highest BCUT2D eigenvalue weighted by Gasteiger charge is 2.35. The van der Waals surface area contributed by atoms with E-state index in [1.165, 1.54) is 25.3 Å². The van der Waals surface area contributed by atoms with Crippen molar-refractivity contribution in [2.75, 3.05) is 0 Å². The molecule has 4 amide bonds. The topological polar surface area (TPSA) is 166 Å². The van der Waals surface area contributed by atoms with Crippen LogP contribution in [0.1, 0.15) is 57.5 Å². The van der Waals surface area contributed by atoms with Crippen LogP contribution in [0.2, 0.25) is 0 Å². The normalized spacial score (nSPS) is 13.5. The molecule has 210 valence electrons. The Morgan fingerprint density at radius 3 is 2.03 bits per heavy atom. The second-order valence-corrected chi connectivity index (χ2v) is 10.7. The van der Waals surface area contributed by atoms with Gasteiger partial charge < -0.3 is 26.3 Å². The molecule has 3 unspecified atom stereocenters. The average molecular weight is 540 g/mol. The summed E-state index contributed by atoms with van der Waals surface area (Å²) in [6.07, 6.45) is 1.42. The first-order chi connectivity index (χ1) is 18.2. The van der Waals surface area contributed by atoms with Gasteiger partial charge in [-0.05, 0) is 36.0 Å². The number of H-pyrrole nitrogens is 1. The molecule has 2 aromatic rings. The first-order valence-corrected chi connectivity index (χ1v) is 12.7. The number of aromatic nitrogens is 1. The van der Waals surface area contributed by atoms with Crippen LogP contribution < -0.4 is 26.8 Å². The summed E-state index contributed by atoms with van der Waals surface area (Å²) in [5, 5.41) is 10.4. The van der Waals surface area contributed by atoms with Gasteiger partial charge in [0.05, 0.1) is 6.04 Å². The molecule has 0 saturated carbocycles. The van der Waals surface area contributed by atoms with E-state index in [0.717, 1.165) is 0 Å². The molecule has 1 aromatic carbocycles. The maximum atomic E-state index is 13.1. The first kappa shape index (κ1) is 30.9. The molecule has 5 N–H and O–H groups in total. The number of nitrogens with one attached hydrogen (secondary N) is 5. The Morgan fingerprint density at radius 2 is 1.49 bits per heavy atom. The molecule has 0 bridgehead atoms. The van der Waals surface area contributed by atoms with Gasteiger partial charge in [-0.1, -0.05) is 58.9 Å². The van der Waals surface area contributed by atoms with E-state index in [4.69, 9.17) is 0 Å². The van der Waals surface area contributed by atoms with E-state index in [9.17, 15) is 28.8 Å². The van der Waals surface area contributed by atoms with Crippen molar-refractivity contribution in [3.05, 3.63) is 70.1 Å². The van der Waals surface area contributed by atoms with Gasteiger partial charge in [-0.15, -0.1) is 0 Å². The van der Waals surface area contributed by atoms with Crippen molar-refractivity contribution in [3.63, 3.8) is 0 Å². The van der Waals surface area contributed by atoms with Crippen molar-refractivity contribution in [2.24, 2.45) is 11.3 Å². The number of hydrogen-bond acceptors (Lipinski definition) is 6. The van der Waals surface area contributed by atoms with E-state index in [2.05, 4.69) is 26.3 Å². The van der Waals surface area contributed by atoms with Crippen LogP contribution >= 0.6 is 0 Å². The SMILES string of the molecule is CC(NC(=O)C(NC(=O)c1ccccc1)C(C)(C)C)C(=O)NC(C(=O)C(=O)NCc1ccc(=O)[nH]c1)C(C)C. The van der Waals surface area contributed by atoms with Crippen molar-refractivity contribution < 1.29 is 24.0 Å². The number of hydrogen-bond donors (Lipinski definition) is 5. The number of Topliss-reactive ketones (excluding diaryl/α,β-unsaturated/α-hetero) is 1. The highest BCUT2D eigenvalue weighted by Crippen LogP contribution is 2.20. The molecule has 11 nitrogen and oxygen atoms in total. The van der Waals surface area contributed by atoms with Gasteiger partial charge in [-0.25, -0.2) is 0 Å². The van der Waals surface area contributed by atoms with Crippen LogP contribution in [0, 0.1) is 11.3 Å². The third-order valence-electron chi connectivity index (χ3n) is 5.96. The van der Waals surface area contributed by atoms with Crippen LogP contribution in [-0.2, 0) is 25.7 Å². The number of carbonyl (C=O) groups is 5. The van der Waals surface area contributed by atoms with Gasteiger partial charge in [-0.3, -0.25) is 28.8 Å². The Morgan fingerprint density at radius 1 is 0.846 bits per heavy atom. The summed E-state index contributed by atoms with van der Waals surface area (Å²) in [5.74, 6) is -3.82. The molecular weight excluding hydrogens is 502 g/mol. The number of pyridine rings is 1. The van der Waals surface area contributed by atoms with E-state index >= 15 is 0 Å². The lowest BCUT2D eigenvalue weighted by molar-refractivity contribution is -0.141. The van der Waals surface area contributed by atoms with Gasteiger partial charge in [0.2, 0.25) is 23.2 Å². The minimum absolute atomic E-state index is 0.00939. The van der Waals surface area contributed by atoms with Gasteiger partial charge in [0.25, 0.3) is 11.8 Å². The lowest BCUT2D eigenvalue weighted by Gasteiger charge is -2.31. The van der Waals surface area contributed by atoms with Crippen molar-refractivity contribution in [3.8, 4) is 0 Å². The maximum absolute atomic E-state index is 13.1. The lowest BCUT2D eigenvalue weighted by Crippen LogP contribution is -2.59. The largest absolute Gasteiger partial charge is 0.345 e. The molecule has 0 aliphatic rings. The summed E-state index contributed by atoms with van der Waals surface area (Å²) in [6.45, 7) is 10.2. The maximum Gasteiger partial charge on any atom is 0.289 e. The van der Waals surface area contributed by atoms with Gasteiger partial charge in [0.15, 0.2) is 0 Å². The Bertz CT molecular complexity index is 1230. The average Bonchev–Trinajstić information content (AvgIpc) is 2.88. The second kappa shape index (κ2) is 13.5. The van der Waals surface area contributed by atoms with Crippen LogP contribution in [0.4, 0.5) is 0 Å². The predicted octanol–water partition coefficient (Wildman–Crippen LogP) is 1.05. The molecule has 3 atom stereocenters. The van der Waals surface area contributed by atoms with Gasteiger partial charge >= 0.3 is 0 Å². The van der Waals surface area contributed by atoms with Crippen molar-refractivity contribution >= 4 is 29.4 Å². The fourth-order valence-electron chi connectivity index (χ4n) is 3.62. The molecule has 2 rings (SSSR count). The van der Waals surface area contributed by atoms with Gasteiger partial charge in [-0.2, -0.15) is 0 Å². The molecule has 39 heavy (non-hydrogen) atoms. The molecule has 11 heteroatoms. The zero-order chi connectivity index (χ0) is 29.3. The Labute approximate surface area is 227 Å². The lowest BCUT2D eigenvalue weighted by atomic mass is 9.85. The highest BCUT2D eigenvalue weighted by atomic mass is 16.2. The molecule has 0 fully saturated rings. The quantitative estimate of drug-likeness (QED) is 0.268. The molecule has 0 saturated heterocycles. The Hall–Kier alpha value is -4.28. The summed E-state index contributed by atoms with van der Waals surface area (Å²) < 4.78 is 0. The van der Waals surface area contributed by atoms with Crippen LogP contribution in [0.5, 0.6) is 0 Å². The Balaban J connectivity index is 2.02. The number of amides is 4. The minimum Gasteiger partial charge on any atom is -0.345 e. The van der Waals surface area contributed by atoms with E-state index in [1.807, 2.05) is 0 Å². The highest BCUT2D eigenvalue weighted by molar-refractivity contribution is 6.38. The van der Waals surface area contributed by atoms with Crippen LogP contribution in [0.3, 0.4) is 0 Å². The van der Waals surface area contributed by atoms with E-state index in [1.54, 1.807) is 65.0 Å². The number of rotatable bonds is 11. The molecule has 0 radical (unpaired) electrons. The number of carbonyl (C=O) groups excluding carboxylic acids is 5. The van der Waals surface area contributed by atoms with E-state index in [0.29, 0.717) is 11.1 Å². The smallest absolute Gasteiger partial charge is 0.289 e. The molecular formula is C28H37N5O6. The fourth-order valence-corrected chi connectivity index (χ4v) is 3.62. The summed E-state index contributed by atoms with van der Waals surface area (Å²) in [5.41, 5.74) is 0.00940. The summed E-state index contributed by atoms with van der Waals surface area (Å²) in [6, 6.07) is 8.12. The zero-order valence-electron chi connectivity index (χ0n) is 23.1. The van der Waals surface area contributed by atoms with Crippen LogP contribution in [0.15, 0.2) is 53.5 Å². The molecule has 0 aliphatic carbocycles. The molecule has 0 aliphatic heterocycles.